The Balaban J connectivity index is 1.74. The van der Waals surface area contributed by atoms with E-state index in [0.717, 1.165) is 31.0 Å². The first-order valence-corrected chi connectivity index (χ1v) is 10.0. The van der Waals surface area contributed by atoms with E-state index < -0.39 is 29.5 Å². The van der Waals surface area contributed by atoms with Gasteiger partial charge in [0.25, 0.3) is 0 Å². The number of para-hydroxylation sites is 1. The van der Waals surface area contributed by atoms with Crippen molar-refractivity contribution in [1.82, 2.24) is 9.97 Å². The van der Waals surface area contributed by atoms with Crippen LogP contribution >= 0.6 is 11.6 Å². The summed E-state index contributed by atoms with van der Waals surface area (Å²) in [6.45, 7) is 0. The molecule has 33 heavy (non-hydrogen) atoms. The van der Waals surface area contributed by atoms with Gasteiger partial charge in [0.2, 0.25) is 5.95 Å². The smallest absolute Gasteiger partial charge is 0.406 e. The van der Waals surface area contributed by atoms with Gasteiger partial charge in [-0.05, 0) is 37.1 Å². The number of benzene rings is 2. The third-order valence-corrected chi connectivity index (χ3v) is 4.89. The van der Waals surface area contributed by atoms with E-state index in [2.05, 4.69) is 25.3 Å². The third-order valence-electron chi connectivity index (χ3n) is 4.57. The van der Waals surface area contributed by atoms with Crippen LogP contribution in [-0.4, -0.2) is 22.4 Å². The van der Waals surface area contributed by atoms with Crippen LogP contribution < -0.4 is 15.4 Å². The summed E-state index contributed by atoms with van der Waals surface area (Å²) in [7, 11) is 0. The summed E-state index contributed by atoms with van der Waals surface area (Å²) >= 11 is 6.01. The molecule has 1 aliphatic rings. The fourth-order valence-electron chi connectivity index (χ4n) is 3.00. The predicted molar refractivity (Wildman–Crippen MR) is 111 cm³/mol. The SMILES string of the molecule is FC(F)(F)Oc1cccc(-c2cc(Nc3c(Cl)cccc3C(F)(F)F)nc(NC3CC3)n2)c1. The fraction of sp³-hybridized carbons (Fsp3) is 0.238. The second-order valence-corrected chi connectivity index (χ2v) is 7.65. The van der Waals surface area contributed by atoms with Crippen molar-refractivity contribution < 1.29 is 31.1 Å². The molecule has 2 N–H and O–H groups in total. The van der Waals surface area contributed by atoms with E-state index >= 15 is 0 Å². The molecule has 0 radical (unpaired) electrons. The topological polar surface area (TPSA) is 59.1 Å². The average molecular weight is 489 g/mol. The van der Waals surface area contributed by atoms with E-state index in [9.17, 15) is 26.3 Å². The van der Waals surface area contributed by atoms with Gasteiger partial charge in [0, 0.05) is 17.7 Å². The number of nitrogens with zero attached hydrogens (tertiary/aromatic N) is 2. The number of nitrogens with one attached hydrogen (secondary N) is 2. The van der Waals surface area contributed by atoms with Crippen LogP contribution in [0.4, 0.5) is 43.8 Å². The Labute approximate surface area is 188 Å². The van der Waals surface area contributed by atoms with E-state index in [-0.39, 0.29) is 34.1 Å². The van der Waals surface area contributed by atoms with Crippen LogP contribution in [0.2, 0.25) is 5.02 Å². The molecule has 3 aromatic rings. The highest BCUT2D eigenvalue weighted by Gasteiger charge is 2.35. The van der Waals surface area contributed by atoms with Crippen molar-refractivity contribution in [1.29, 1.82) is 0 Å². The molecule has 1 aliphatic carbocycles. The molecule has 1 aromatic heterocycles. The summed E-state index contributed by atoms with van der Waals surface area (Å²) in [6.07, 6.45) is -7.82. The van der Waals surface area contributed by atoms with E-state index in [1.54, 1.807) is 0 Å². The van der Waals surface area contributed by atoms with Crippen LogP contribution in [0.25, 0.3) is 11.3 Å². The van der Waals surface area contributed by atoms with Gasteiger partial charge in [-0.3, -0.25) is 0 Å². The molecule has 1 heterocycles. The molecular formula is C21H15ClF6N4O. The normalized spacial score (nSPS) is 14.2. The second kappa shape index (κ2) is 8.62. The molecule has 0 amide bonds. The minimum absolute atomic E-state index is 0.0242. The summed E-state index contributed by atoms with van der Waals surface area (Å²) in [5.41, 5.74) is -0.976. The van der Waals surface area contributed by atoms with Crippen molar-refractivity contribution >= 4 is 29.1 Å². The number of hydrogen-bond acceptors (Lipinski definition) is 5. The molecule has 0 aliphatic heterocycles. The first kappa shape index (κ1) is 23.0. The zero-order valence-electron chi connectivity index (χ0n) is 16.6. The minimum atomic E-state index is -4.88. The lowest BCUT2D eigenvalue weighted by atomic mass is 10.1. The molecule has 174 valence electrons. The first-order valence-electron chi connectivity index (χ1n) is 9.62. The van der Waals surface area contributed by atoms with Crippen LogP contribution in [0.5, 0.6) is 5.75 Å². The predicted octanol–water partition coefficient (Wildman–Crippen LogP) is 7.03. The van der Waals surface area contributed by atoms with Gasteiger partial charge < -0.3 is 15.4 Å². The van der Waals surface area contributed by atoms with Gasteiger partial charge in [0.05, 0.1) is 22.0 Å². The van der Waals surface area contributed by atoms with E-state index in [0.29, 0.717) is 0 Å². The van der Waals surface area contributed by atoms with Crippen molar-refractivity contribution in [2.24, 2.45) is 0 Å². The number of ether oxygens (including phenoxy) is 1. The molecule has 2 aromatic carbocycles. The number of anilines is 3. The zero-order valence-corrected chi connectivity index (χ0v) is 17.3. The average Bonchev–Trinajstić information content (AvgIpc) is 3.51. The molecule has 1 fully saturated rings. The van der Waals surface area contributed by atoms with Gasteiger partial charge in [-0.2, -0.15) is 18.2 Å². The lowest BCUT2D eigenvalue weighted by molar-refractivity contribution is -0.274. The van der Waals surface area contributed by atoms with Gasteiger partial charge in [0.1, 0.15) is 11.6 Å². The molecular weight excluding hydrogens is 474 g/mol. The summed E-state index contributed by atoms with van der Waals surface area (Å²) in [4.78, 5) is 8.51. The number of rotatable bonds is 6. The van der Waals surface area contributed by atoms with E-state index in [1.165, 1.54) is 30.3 Å². The fourth-order valence-corrected chi connectivity index (χ4v) is 3.22. The molecule has 12 heteroatoms. The minimum Gasteiger partial charge on any atom is -0.406 e. The quantitative estimate of drug-likeness (QED) is 0.365. The number of hydrogen-bond donors (Lipinski definition) is 2. The molecule has 0 saturated heterocycles. The van der Waals surface area contributed by atoms with Crippen molar-refractivity contribution in [2.75, 3.05) is 10.6 Å². The maximum absolute atomic E-state index is 13.5. The molecule has 0 spiro atoms. The highest BCUT2D eigenvalue weighted by Crippen LogP contribution is 2.40. The molecule has 0 bridgehead atoms. The van der Waals surface area contributed by atoms with Crippen molar-refractivity contribution in [3.05, 3.63) is 59.1 Å². The number of aromatic nitrogens is 2. The largest absolute Gasteiger partial charge is 0.573 e. The van der Waals surface area contributed by atoms with E-state index in [4.69, 9.17) is 11.6 Å². The zero-order chi connectivity index (χ0) is 23.8. The van der Waals surface area contributed by atoms with Crippen LogP contribution in [0.15, 0.2) is 48.5 Å². The Kier molecular flexibility index (Phi) is 6.00. The highest BCUT2D eigenvalue weighted by molar-refractivity contribution is 6.33. The number of alkyl halides is 6. The molecule has 4 rings (SSSR count). The van der Waals surface area contributed by atoms with Crippen LogP contribution in [0.3, 0.4) is 0 Å². The monoisotopic (exact) mass is 488 g/mol. The summed E-state index contributed by atoms with van der Waals surface area (Å²) in [5, 5.41) is 5.45. The van der Waals surface area contributed by atoms with Crippen molar-refractivity contribution in [3.63, 3.8) is 0 Å². The Morgan fingerprint density at radius 3 is 2.33 bits per heavy atom. The standard InChI is InChI=1S/C21H15ClF6N4O/c22-15-6-2-5-14(20(23,24)25)18(15)31-17-10-16(30-19(32-17)29-12-7-8-12)11-3-1-4-13(9-11)33-21(26,27)28/h1-6,9-10,12H,7-8H2,(H2,29,30,31,32). The summed E-state index contributed by atoms with van der Waals surface area (Å²) in [6, 6.07) is 9.85. The van der Waals surface area contributed by atoms with Crippen molar-refractivity contribution in [3.8, 4) is 17.0 Å². The lowest BCUT2D eigenvalue weighted by Gasteiger charge is -2.17. The lowest BCUT2D eigenvalue weighted by Crippen LogP contribution is -2.17. The Hall–Kier alpha value is -3.21. The van der Waals surface area contributed by atoms with Gasteiger partial charge in [-0.1, -0.05) is 29.8 Å². The van der Waals surface area contributed by atoms with Gasteiger partial charge in [0.15, 0.2) is 0 Å². The molecule has 1 saturated carbocycles. The van der Waals surface area contributed by atoms with Gasteiger partial charge >= 0.3 is 12.5 Å². The Bertz CT molecular complexity index is 1160. The summed E-state index contributed by atoms with van der Waals surface area (Å²) < 4.78 is 82.1. The Morgan fingerprint density at radius 2 is 1.67 bits per heavy atom. The van der Waals surface area contributed by atoms with Crippen LogP contribution in [0, 0.1) is 0 Å². The van der Waals surface area contributed by atoms with Crippen LogP contribution in [-0.2, 0) is 6.18 Å². The maximum atomic E-state index is 13.5. The molecule has 0 unspecified atom stereocenters. The second-order valence-electron chi connectivity index (χ2n) is 7.24. The van der Waals surface area contributed by atoms with E-state index in [1.807, 2.05) is 0 Å². The molecule has 5 nitrogen and oxygen atoms in total. The number of halogens is 7. The van der Waals surface area contributed by atoms with Crippen molar-refractivity contribution in [2.45, 2.75) is 31.4 Å². The first-order chi connectivity index (χ1) is 15.5. The maximum Gasteiger partial charge on any atom is 0.573 e. The third kappa shape index (κ3) is 5.98. The van der Waals surface area contributed by atoms with Crippen LogP contribution in [0.1, 0.15) is 18.4 Å². The van der Waals surface area contributed by atoms with Gasteiger partial charge in [-0.25, -0.2) is 4.98 Å². The Morgan fingerprint density at radius 1 is 0.939 bits per heavy atom. The van der Waals surface area contributed by atoms with Gasteiger partial charge in [-0.15, -0.1) is 13.2 Å². The highest BCUT2D eigenvalue weighted by atomic mass is 35.5. The molecule has 0 atom stereocenters. The summed E-state index contributed by atoms with van der Waals surface area (Å²) in [5.74, 6) is -0.376.